The number of aliphatic hydroxyl groups is 1. The predicted octanol–water partition coefficient (Wildman–Crippen LogP) is 3.23. The van der Waals surface area contributed by atoms with Crippen LogP contribution in [0.5, 0.6) is 0 Å². The monoisotopic (exact) mass is 488 g/mol. The van der Waals surface area contributed by atoms with Crippen LogP contribution in [0.2, 0.25) is 0 Å². The quantitative estimate of drug-likeness (QED) is 0.384. The number of amides is 1. The van der Waals surface area contributed by atoms with Crippen molar-refractivity contribution in [3.05, 3.63) is 70.5 Å². The molecule has 0 aliphatic heterocycles. The third-order valence-corrected chi connectivity index (χ3v) is 6.97. The molecule has 1 amide bonds. The van der Waals surface area contributed by atoms with Crippen LogP contribution in [0.15, 0.2) is 53.6 Å². The molecule has 1 saturated carbocycles. The molecule has 9 heteroatoms. The average Bonchev–Trinajstić information content (AvgIpc) is 3.28. The van der Waals surface area contributed by atoms with Crippen LogP contribution in [0.25, 0.3) is 16.4 Å². The van der Waals surface area contributed by atoms with Crippen LogP contribution in [0, 0.1) is 0 Å². The summed E-state index contributed by atoms with van der Waals surface area (Å²) < 4.78 is 1.79. The molecule has 3 heterocycles. The zero-order valence-corrected chi connectivity index (χ0v) is 20.9. The van der Waals surface area contributed by atoms with Gasteiger partial charge in [-0.1, -0.05) is 18.2 Å². The number of likely N-dealkylation sites (N-methyl/N-ethyl adjacent to an activating group) is 1. The highest BCUT2D eigenvalue weighted by Gasteiger charge is 2.27. The highest BCUT2D eigenvalue weighted by Crippen LogP contribution is 2.34. The van der Waals surface area contributed by atoms with Gasteiger partial charge < -0.3 is 15.3 Å². The minimum atomic E-state index is -0.818. The summed E-state index contributed by atoms with van der Waals surface area (Å²) in [6, 6.07) is 11.5. The molecule has 0 spiro atoms. The van der Waals surface area contributed by atoms with E-state index in [1.807, 2.05) is 54.5 Å². The zero-order chi connectivity index (χ0) is 25.4. The molecule has 36 heavy (non-hydrogen) atoms. The number of nitrogens with one attached hydrogen (secondary N) is 2. The van der Waals surface area contributed by atoms with Gasteiger partial charge in [-0.2, -0.15) is 5.10 Å². The Morgan fingerprint density at radius 1 is 1.19 bits per heavy atom. The normalized spacial score (nSPS) is 18.4. The van der Waals surface area contributed by atoms with Crippen molar-refractivity contribution >= 4 is 28.0 Å². The van der Waals surface area contributed by atoms with E-state index in [-0.39, 0.29) is 23.4 Å². The number of anilines is 1. The van der Waals surface area contributed by atoms with Gasteiger partial charge in [-0.05, 0) is 51.7 Å². The molecule has 0 unspecified atom stereocenters. The van der Waals surface area contributed by atoms with Gasteiger partial charge in [0.1, 0.15) is 11.3 Å². The summed E-state index contributed by atoms with van der Waals surface area (Å²) in [7, 11) is 1.92. The first-order valence-electron chi connectivity index (χ1n) is 12.4. The maximum absolute atomic E-state index is 13.1. The molecule has 0 radical (unpaired) electrons. The number of hydrogen-bond acceptors (Lipinski definition) is 6. The molecule has 0 bridgehead atoms. The van der Waals surface area contributed by atoms with E-state index in [1.54, 1.807) is 24.4 Å². The van der Waals surface area contributed by atoms with Gasteiger partial charge in [-0.25, -0.2) is 10.1 Å². The first-order valence-corrected chi connectivity index (χ1v) is 12.4. The fraction of sp³-hybridized carbons (Fsp3) is 0.407. The second-order valence-corrected chi connectivity index (χ2v) is 10.4. The van der Waals surface area contributed by atoms with Gasteiger partial charge in [-0.15, -0.1) is 0 Å². The van der Waals surface area contributed by atoms with E-state index in [0.29, 0.717) is 23.3 Å². The molecule has 3 aromatic heterocycles. The molecule has 1 aliphatic rings. The van der Waals surface area contributed by atoms with Crippen molar-refractivity contribution in [1.29, 1.82) is 0 Å². The van der Waals surface area contributed by atoms with Gasteiger partial charge in [0.15, 0.2) is 0 Å². The van der Waals surface area contributed by atoms with Crippen LogP contribution in [-0.4, -0.2) is 55.8 Å². The lowest BCUT2D eigenvalue weighted by atomic mass is 9.82. The molecule has 188 valence electrons. The number of fused-ring (bicyclic) bond motifs is 2. The number of H-pyrrole nitrogens is 1. The van der Waals surface area contributed by atoms with Crippen molar-refractivity contribution in [1.82, 2.24) is 24.9 Å². The molecule has 1 aliphatic carbocycles. The van der Waals surface area contributed by atoms with Gasteiger partial charge in [0, 0.05) is 48.9 Å². The van der Waals surface area contributed by atoms with Crippen LogP contribution >= 0.6 is 0 Å². The van der Waals surface area contributed by atoms with Crippen molar-refractivity contribution in [2.75, 3.05) is 18.5 Å². The minimum absolute atomic E-state index is 0.0746. The fourth-order valence-corrected chi connectivity index (χ4v) is 5.26. The Morgan fingerprint density at radius 2 is 1.92 bits per heavy atom. The molecule has 1 fully saturated rings. The van der Waals surface area contributed by atoms with Crippen molar-refractivity contribution in [3.63, 3.8) is 0 Å². The van der Waals surface area contributed by atoms with Crippen molar-refractivity contribution in [3.8, 4) is 0 Å². The Morgan fingerprint density at radius 3 is 2.64 bits per heavy atom. The molecule has 0 atom stereocenters. The smallest absolute Gasteiger partial charge is 0.272 e. The summed E-state index contributed by atoms with van der Waals surface area (Å²) >= 11 is 0. The van der Waals surface area contributed by atoms with Crippen LogP contribution in [0.1, 0.15) is 61.6 Å². The topological polar surface area (TPSA) is 116 Å². The van der Waals surface area contributed by atoms with E-state index >= 15 is 0 Å². The molecule has 0 saturated heterocycles. The molecular weight excluding hydrogens is 456 g/mol. The highest BCUT2D eigenvalue weighted by molar-refractivity contribution is 5.93. The minimum Gasteiger partial charge on any atom is -0.389 e. The van der Waals surface area contributed by atoms with Crippen molar-refractivity contribution in [2.24, 2.45) is 0 Å². The second kappa shape index (κ2) is 9.39. The number of aromatic nitrogens is 4. The van der Waals surface area contributed by atoms with Crippen LogP contribution < -0.4 is 15.8 Å². The number of aromatic amines is 1. The number of imidazole rings is 1. The summed E-state index contributed by atoms with van der Waals surface area (Å²) in [6.45, 7) is 4.02. The van der Waals surface area contributed by atoms with Crippen molar-refractivity contribution < 1.29 is 9.90 Å². The number of hydrogen-bond donors (Lipinski definition) is 3. The Labute approximate surface area is 209 Å². The third kappa shape index (κ3) is 4.83. The number of benzene rings is 1. The predicted molar refractivity (Wildman–Crippen MR) is 140 cm³/mol. The molecule has 4 aromatic rings. The van der Waals surface area contributed by atoms with Gasteiger partial charge >= 0.3 is 0 Å². The maximum atomic E-state index is 13.1. The average molecular weight is 489 g/mol. The lowest BCUT2D eigenvalue weighted by Gasteiger charge is -2.29. The Bertz CT molecular complexity index is 1460. The lowest BCUT2D eigenvalue weighted by molar-refractivity contribution is 0.0885. The summed E-state index contributed by atoms with van der Waals surface area (Å²) in [6.07, 6.45) is 6.90. The molecule has 5 rings (SSSR count). The standard InChI is InChI=1S/C27H32N6O3/c1-27(2,36)16-32(3)19-12-13-33-22(15-28-23(33)14-19)26(35)29-18-10-8-17(9-11-18)24-20-6-4-5-7-21(20)25(34)31-30-24/h4-7,12-15,17-18,36H,8-11,16H2,1-3H3,(H,29,35)(H,31,34). The van der Waals surface area contributed by atoms with E-state index in [2.05, 4.69) is 20.5 Å². The Hall–Kier alpha value is -3.72. The number of carbonyl (C=O) groups excluding carboxylic acids is 1. The highest BCUT2D eigenvalue weighted by atomic mass is 16.3. The molecule has 9 nitrogen and oxygen atoms in total. The van der Waals surface area contributed by atoms with E-state index < -0.39 is 5.60 Å². The third-order valence-electron chi connectivity index (χ3n) is 6.97. The van der Waals surface area contributed by atoms with Crippen LogP contribution in [0.4, 0.5) is 5.69 Å². The first kappa shape index (κ1) is 24.0. The Kier molecular flexibility index (Phi) is 6.26. The summed E-state index contributed by atoms with van der Waals surface area (Å²) in [5.74, 6) is 0.103. The number of rotatable bonds is 6. The molecule has 3 N–H and O–H groups in total. The van der Waals surface area contributed by atoms with E-state index in [4.69, 9.17) is 0 Å². The number of pyridine rings is 1. The SMILES string of the molecule is CN(CC(C)(C)O)c1ccn2c(C(=O)NC3CCC(c4n[nH]c(=O)c5ccccc45)CC3)cnc2c1. The summed E-state index contributed by atoms with van der Waals surface area (Å²) in [5, 5.41) is 21.9. The van der Waals surface area contributed by atoms with Gasteiger partial charge in [0.2, 0.25) is 0 Å². The van der Waals surface area contributed by atoms with Crippen molar-refractivity contribution in [2.45, 2.75) is 57.1 Å². The van der Waals surface area contributed by atoms with Gasteiger partial charge in [-0.3, -0.25) is 14.0 Å². The van der Waals surface area contributed by atoms with Crippen LogP contribution in [-0.2, 0) is 0 Å². The first-order chi connectivity index (χ1) is 17.2. The lowest BCUT2D eigenvalue weighted by Crippen LogP contribution is -2.38. The van der Waals surface area contributed by atoms with E-state index in [0.717, 1.165) is 42.5 Å². The van der Waals surface area contributed by atoms with Crippen LogP contribution in [0.3, 0.4) is 0 Å². The second-order valence-electron chi connectivity index (χ2n) is 10.4. The largest absolute Gasteiger partial charge is 0.389 e. The maximum Gasteiger partial charge on any atom is 0.272 e. The Balaban J connectivity index is 1.25. The number of carbonyl (C=O) groups is 1. The van der Waals surface area contributed by atoms with E-state index in [1.165, 1.54) is 0 Å². The van der Waals surface area contributed by atoms with Gasteiger partial charge in [0.05, 0.1) is 22.9 Å². The molecule has 1 aromatic carbocycles. The van der Waals surface area contributed by atoms with Gasteiger partial charge in [0.25, 0.3) is 11.5 Å². The number of nitrogens with zero attached hydrogens (tertiary/aromatic N) is 4. The fourth-order valence-electron chi connectivity index (χ4n) is 5.26. The van der Waals surface area contributed by atoms with E-state index in [9.17, 15) is 14.7 Å². The zero-order valence-electron chi connectivity index (χ0n) is 20.9. The summed E-state index contributed by atoms with van der Waals surface area (Å²) in [5.41, 5.74) is 2.05. The molecular formula is C27H32N6O3. The summed E-state index contributed by atoms with van der Waals surface area (Å²) in [4.78, 5) is 31.6.